The Kier molecular flexibility index (Phi) is 4.38. The quantitative estimate of drug-likeness (QED) is 0.802. The molecular weight excluding hydrogens is 312 g/mol. The molecule has 130 valence electrons. The van der Waals surface area contributed by atoms with Crippen LogP contribution in [0, 0.1) is 5.92 Å². The van der Waals surface area contributed by atoms with E-state index in [4.69, 9.17) is 5.10 Å². The number of carbonyl (C=O) groups is 1. The second-order valence-electron chi connectivity index (χ2n) is 7.06. The van der Waals surface area contributed by atoms with Crippen LogP contribution in [0.1, 0.15) is 43.8 Å². The van der Waals surface area contributed by atoms with E-state index in [1.165, 1.54) is 38.2 Å². The molecule has 0 radical (unpaired) electrons. The molecule has 1 saturated carbocycles. The van der Waals surface area contributed by atoms with Crippen LogP contribution in [0.5, 0.6) is 0 Å². The van der Waals surface area contributed by atoms with Crippen molar-refractivity contribution in [2.75, 3.05) is 13.1 Å². The summed E-state index contributed by atoms with van der Waals surface area (Å²) in [5.74, 6) is 0.660. The minimum atomic E-state index is -0.0157. The molecule has 0 bridgehead atoms. The van der Waals surface area contributed by atoms with Crippen LogP contribution in [-0.2, 0) is 4.79 Å². The average Bonchev–Trinajstić information content (AvgIpc) is 2.98. The van der Waals surface area contributed by atoms with Crippen molar-refractivity contribution in [2.45, 2.75) is 38.1 Å². The van der Waals surface area contributed by atoms with Crippen LogP contribution in [0.4, 0.5) is 0 Å². The summed E-state index contributed by atoms with van der Waals surface area (Å²) in [5.41, 5.74) is 1.89. The monoisotopic (exact) mass is 336 g/mol. The van der Waals surface area contributed by atoms with Crippen molar-refractivity contribution < 1.29 is 4.79 Å². The van der Waals surface area contributed by atoms with Gasteiger partial charge in [-0.2, -0.15) is 5.10 Å². The molecule has 5 nitrogen and oxygen atoms in total. The van der Waals surface area contributed by atoms with Crippen LogP contribution in [-0.4, -0.2) is 38.7 Å². The van der Waals surface area contributed by atoms with Crippen molar-refractivity contribution in [2.24, 2.45) is 5.92 Å². The highest BCUT2D eigenvalue weighted by Crippen LogP contribution is 2.29. The van der Waals surface area contributed by atoms with Gasteiger partial charge >= 0.3 is 0 Å². The third-order valence-corrected chi connectivity index (χ3v) is 5.37. The normalized spacial score (nSPS) is 19.4. The Labute approximate surface area is 148 Å². The van der Waals surface area contributed by atoms with E-state index >= 15 is 0 Å². The summed E-state index contributed by atoms with van der Waals surface area (Å²) >= 11 is 0. The van der Waals surface area contributed by atoms with Gasteiger partial charge in [0.1, 0.15) is 0 Å². The van der Waals surface area contributed by atoms with Crippen LogP contribution in [0.25, 0.3) is 17.1 Å². The average molecular weight is 336 g/mol. The molecule has 2 aromatic rings. The molecule has 0 unspecified atom stereocenters. The lowest BCUT2D eigenvalue weighted by molar-refractivity contribution is -0.131. The highest BCUT2D eigenvalue weighted by atomic mass is 16.2. The zero-order valence-corrected chi connectivity index (χ0v) is 14.5. The number of hydrogen-bond donors (Lipinski definition) is 0. The van der Waals surface area contributed by atoms with Gasteiger partial charge in [-0.05, 0) is 43.0 Å². The third kappa shape index (κ3) is 3.11. The van der Waals surface area contributed by atoms with E-state index in [2.05, 4.69) is 29.8 Å². The second-order valence-corrected chi connectivity index (χ2v) is 7.06. The number of amides is 1. The van der Waals surface area contributed by atoms with Gasteiger partial charge in [0.2, 0.25) is 5.91 Å². The van der Waals surface area contributed by atoms with Gasteiger partial charge in [0, 0.05) is 24.7 Å². The number of pyridine rings is 1. The molecule has 2 fully saturated rings. The van der Waals surface area contributed by atoms with Crippen LogP contribution in [0.3, 0.4) is 0 Å². The number of allylic oxidation sites excluding steroid dienone is 1. The fourth-order valence-electron chi connectivity index (χ4n) is 3.85. The lowest BCUT2D eigenvalue weighted by Gasteiger charge is -2.38. The number of fused-ring (bicyclic) bond motifs is 1. The van der Waals surface area contributed by atoms with E-state index < -0.39 is 0 Å². The van der Waals surface area contributed by atoms with Crippen molar-refractivity contribution >= 4 is 23.0 Å². The summed E-state index contributed by atoms with van der Waals surface area (Å²) < 4.78 is 1.99. The first-order valence-electron chi connectivity index (χ1n) is 9.19. The Bertz CT molecular complexity index is 810. The van der Waals surface area contributed by atoms with Gasteiger partial charge in [0.05, 0.1) is 11.7 Å². The Morgan fingerprint density at radius 2 is 2.04 bits per heavy atom. The molecule has 0 spiro atoms. The standard InChI is InChI=1S/C20H24N4O/c1-2-19(25)23-13-16(14-23)24-20-17(9-6-12-21-20)18(22-24)11-10-15-7-4-3-5-8-15/h2,6,9-12,15-16H,1,3-5,7-8,13-14H2/b11-10+. The van der Waals surface area contributed by atoms with Crippen molar-refractivity contribution in [3.05, 3.63) is 42.8 Å². The maximum atomic E-state index is 11.7. The van der Waals surface area contributed by atoms with Crippen molar-refractivity contribution in [3.8, 4) is 0 Å². The molecule has 1 aliphatic heterocycles. The summed E-state index contributed by atoms with van der Waals surface area (Å²) in [7, 11) is 0. The summed E-state index contributed by atoms with van der Waals surface area (Å²) in [6.07, 6.45) is 14.3. The zero-order chi connectivity index (χ0) is 17.2. The van der Waals surface area contributed by atoms with Crippen molar-refractivity contribution in [1.29, 1.82) is 0 Å². The topological polar surface area (TPSA) is 51.0 Å². The summed E-state index contributed by atoms with van der Waals surface area (Å²) in [6.45, 7) is 4.89. The van der Waals surface area contributed by atoms with E-state index in [9.17, 15) is 4.79 Å². The Morgan fingerprint density at radius 3 is 2.80 bits per heavy atom. The van der Waals surface area contributed by atoms with E-state index in [-0.39, 0.29) is 11.9 Å². The Morgan fingerprint density at radius 1 is 1.24 bits per heavy atom. The maximum absolute atomic E-state index is 11.7. The minimum Gasteiger partial charge on any atom is -0.335 e. The van der Waals surface area contributed by atoms with Gasteiger partial charge in [0.15, 0.2) is 5.65 Å². The molecule has 25 heavy (non-hydrogen) atoms. The van der Waals surface area contributed by atoms with E-state index in [1.807, 2.05) is 10.7 Å². The van der Waals surface area contributed by atoms with Gasteiger partial charge in [-0.25, -0.2) is 9.67 Å². The predicted molar refractivity (Wildman–Crippen MR) is 99.0 cm³/mol. The van der Waals surface area contributed by atoms with Crippen LogP contribution in [0.2, 0.25) is 0 Å². The fourth-order valence-corrected chi connectivity index (χ4v) is 3.85. The van der Waals surface area contributed by atoms with Gasteiger partial charge in [-0.3, -0.25) is 4.79 Å². The van der Waals surface area contributed by atoms with Gasteiger partial charge in [-0.1, -0.05) is 31.9 Å². The smallest absolute Gasteiger partial charge is 0.246 e. The lowest BCUT2D eigenvalue weighted by atomic mass is 9.89. The van der Waals surface area contributed by atoms with E-state index in [0.717, 1.165) is 16.7 Å². The first-order valence-corrected chi connectivity index (χ1v) is 9.19. The largest absolute Gasteiger partial charge is 0.335 e. The predicted octanol–water partition coefficient (Wildman–Crippen LogP) is 3.59. The second kappa shape index (κ2) is 6.82. The van der Waals surface area contributed by atoms with Gasteiger partial charge in [0.25, 0.3) is 0 Å². The van der Waals surface area contributed by atoms with Gasteiger partial charge in [-0.15, -0.1) is 0 Å². The molecule has 0 aromatic carbocycles. The number of hydrogen-bond acceptors (Lipinski definition) is 3. The van der Waals surface area contributed by atoms with E-state index in [1.54, 1.807) is 11.1 Å². The summed E-state index contributed by atoms with van der Waals surface area (Å²) in [5, 5.41) is 5.91. The number of aromatic nitrogens is 3. The molecule has 5 heteroatoms. The molecule has 0 N–H and O–H groups in total. The number of rotatable bonds is 4. The molecule has 2 aromatic heterocycles. The number of likely N-dealkylation sites (tertiary alicyclic amines) is 1. The highest BCUT2D eigenvalue weighted by molar-refractivity contribution is 5.88. The Balaban J connectivity index is 1.58. The SMILES string of the molecule is C=CC(=O)N1CC(n2nc(/C=C/C3CCCCC3)c3cccnc32)C1. The van der Waals surface area contributed by atoms with E-state index in [0.29, 0.717) is 19.0 Å². The molecule has 3 heterocycles. The highest BCUT2D eigenvalue weighted by Gasteiger charge is 2.32. The fraction of sp³-hybridized carbons (Fsp3) is 0.450. The van der Waals surface area contributed by atoms with Crippen molar-refractivity contribution in [3.63, 3.8) is 0 Å². The zero-order valence-electron chi connectivity index (χ0n) is 14.5. The molecule has 0 atom stereocenters. The minimum absolute atomic E-state index is 0.0157. The molecule has 2 aliphatic rings. The lowest BCUT2D eigenvalue weighted by Crippen LogP contribution is -2.50. The molecule has 1 saturated heterocycles. The summed E-state index contributed by atoms with van der Waals surface area (Å²) in [6, 6.07) is 4.23. The van der Waals surface area contributed by atoms with Crippen molar-refractivity contribution in [1.82, 2.24) is 19.7 Å². The number of carbonyl (C=O) groups excluding carboxylic acids is 1. The molecule has 1 aliphatic carbocycles. The summed E-state index contributed by atoms with van der Waals surface area (Å²) in [4.78, 5) is 18.0. The number of nitrogens with zero attached hydrogens (tertiary/aromatic N) is 4. The first kappa shape index (κ1) is 16.1. The maximum Gasteiger partial charge on any atom is 0.246 e. The molecule has 1 amide bonds. The van der Waals surface area contributed by atoms with Crippen LogP contribution < -0.4 is 0 Å². The van der Waals surface area contributed by atoms with Crippen LogP contribution >= 0.6 is 0 Å². The molecular formula is C20H24N4O. The molecule has 4 rings (SSSR count). The Hall–Kier alpha value is -2.43. The first-order chi connectivity index (χ1) is 12.3. The third-order valence-electron chi connectivity index (χ3n) is 5.37. The van der Waals surface area contributed by atoms with Gasteiger partial charge < -0.3 is 4.90 Å². The van der Waals surface area contributed by atoms with Crippen LogP contribution in [0.15, 0.2) is 37.1 Å².